The number of carboxylic acids is 1. The van der Waals surface area contributed by atoms with E-state index in [-0.39, 0.29) is 12.5 Å². The van der Waals surface area contributed by atoms with Crippen molar-refractivity contribution in [2.45, 2.75) is 0 Å². The third-order valence-corrected chi connectivity index (χ3v) is 2.09. The SMILES string of the molecule is CNC(=O)c1cccc(NC(=O)COCC(=O)O)c1. The summed E-state index contributed by atoms with van der Waals surface area (Å²) < 4.78 is 4.64. The van der Waals surface area contributed by atoms with E-state index in [2.05, 4.69) is 15.4 Å². The Hall–Kier alpha value is -2.41. The summed E-state index contributed by atoms with van der Waals surface area (Å²) in [6, 6.07) is 6.35. The van der Waals surface area contributed by atoms with Crippen LogP contribution in [0.2, 0.25) is 0 Å². The average molecular weight is 266 g/mol. The van der Waals surface area contributed by atoms with Crippen molar-refractivity contribution in [2.75, 3.05) is 25.6 Å². The molecule has 0 saturated heterocycles. The predicted molar refractivity (Wildman–Crippen MR) is 66.9 cm³/mol. The standard InChI is InChI=1S/C12H14N2O5/c1-13-12(18)8-3-2-4-9(5-8)14-10(15)6-19-7-11(16)17/h2-5H,6-7H2,1H3,(H,13,18)(H,14,15)(H,16,17). The summed E-state index contributed by atoms with van der Waals surface area (Å²) in [5.41, 5.74) is 0.844. The second kappa shape index (κ2) is 7.12. The van der Waals surface area contributed by atoms with Crippen molar-refractivity contribution in [3.8, 4) is 0 Å². The summed E-state index contributed by atoms with van der Waals surface area (Å²) >= 11 is 0. The van der Waals surface area contributed by atoms with Gasteiger partial charge in [0.2, 0.25) is 5.91 Å². The van der Waals surface area contributed by atoms with E-state index in [0.717, 1.165) is 0 Å². The molecule has 7 nitrogen and oxygen atoms in total. The van der Waals surface area contributed by atoms with Crippen LogP contribution >= 0.6 is 0 Å². The lowest BCUT2D eigenvalue weighted by molar-refractivity contribution is -0.143. The van der Waals surface area contributed by atoms with Crippen LogP contribution in [0.1, 0.15) is 10.4 Å². The van der Waals surface area contributed by atoms with Crippen molar-refractivity contribution in [3.05, 3.63) is 29.8 Å². The average Bonchev–Trinajstić information content (AvgIpc) is 2.37. The second-order valence-electron chi connectivity index (χ2n) is 3.59. The van der Waals surface area contributed by atoms with Gasteiger partial charge in [0.25, 0.3) is 5.91 Å². The van der Waals surface area contributed by atoms with Gasteiger partial charge in [0.05, 0.1) is 0 Å². The molecule has 3 N–H and O–H groups in total. The first-order valence-electron chi connectivity index (χ1n) is 5.44. The second-order valence-corrected chi connectivity index (χ2v) is 3.59. The molecule has 1 rings (SSSR count). The number of hydrogen-bond donors (Lipinski definition) is 3. The van der Waals surface area contributed by atoms with Crippen LogP contribution in [0.4, 0.5) is 5.69 Å². The molecule has 2 amide bonds. The molecule has 0 aliphatic carbocycles. The Morgan fingerprint density at radius 2 is 2.00 bits per heavy atom. The smallest absolute Gasteiger partial charge is 0.329 e. The van der Waals surface area contributed by atoms with Crippen LogP contribution in [-0.4, -0.2) is 43.2 Å². The van der Waals surface area contributed by atoms with Crippen molar-refractivity contribution in [1.82, 2.24) is 5.32 Å². The highest BCUT2D eigenvalue weighted by atomic mass is 16.5. The molecule has 0 aromatic heterocycles. The summed E-state index contributed by atoms with van der Waals surface area (Å²) in [7, 11) is 1.51. The molecular weight excluding hydrogens is 252 g/mol. The van der Waals surface area contributed by atoms with Crippen LogP contribution in [0.25, 0.3) is 0 Å². The van der Waals surface area contributed by atoms with E-state index in [9.17, 15) is 14.4 Å². The van der Waals surface area contributed by atoms with Gasteiger partial charge in [0.15, 0.2) is 0 Å². The minimum absolute atomic E-state index is 0.266. The van der Waals surface area contributed by atoms with Crippen molar-refractivity contribution in [2.24, 2.45) is 0 Å². The molecule has 7 heteroatoms. The summed E-state index contributed by atoms with van der Waals surface area (Å²) in [5, 5.41) is 13.3. The number of carbonyl (C=O) groups is 3. The van der Waals surface area contributed by atoms with Gasteiger partial charge in [-0.05, 0) is 18.2 Å². The molecule has 1 aromatic carbocycles. The molecule has 19 heavy (non-hydrogen) atoms. The maximum Gasteiger partial charge on any atom is 0.329 e. The fraction of sp³-hybridized carbons (Fsp3) is 0.250. The van der Waals surface area contributed by atoms with Gasteiger partial charge in [-0.25, -0.2) is 4.79 Å². The van der Waals surface area contributed by atoms with Gasteiger partial charge in [-0.3, -0.25) is 9.59 Å². The quantitative estimate of drug-likeness (QED) is 0.676. The van der Waals surface area contributed by atoms with Crippen molar-refractivity contribution >= 4 is 23.5 Å². The van der Waals surface area contributed by atoms with Crippen molar-refractivity contribution in [1.29, 1.82) is 0 Å². The highest BCUT2D eigenvalue weighted by molar-refractivity contribution is 5.97. The largest absolute Gasteiger partial charge is 0.480 e. The van der Waals surface area contributed by atoms with E-state index in [4.69, 9.17) is 5.11 Å². The number of benzene rings is 1. The van der Waals surface area contributed by atoms with Crippen LogP contribution in [0.3, 0.4) is 0 Å². The summed E-state index contributed by atoms with van der Waals surface area (Å²) in [4.78, 5) is 33.0. The normalized spacial score (nSPS) is 9.74. The molecule has 0 heterocycles. The molecule has 0 spiro atoms. The number of ether oxygens (including phenoxy) is 1. The molecule has 0 aliphatic rings. The van der Waals surface area contributed by atoms with E-state index in [1.54, 1.807) is 18.2 Å². The lowest BCUT2D eigenvalue weighted by Gasteiger charge is -2.07. The molecule has 0 fully saturated rings. The van der Waals surface area contributed by atoms with Gasteiger partial charge in [-0.2, -0.15) is 0 Å². The minimum atomic E-state index is -1.14. The molecule has 0 atom stereocenters. The van der Waals surface area contributed by atoms with Gasteiger partial charge in [0.1, 0.15) is 13.2 Å². The number of carbonyl (C=O) groups excluding carboxylic acids is 2. The Balaban J connectivity index is 2.54. The first-order valence-corrected chi connectivity index (χ1v) is 5.44. The van der Waals surface area contributed by atoms with Crippen LogP contribution in [0.15, 0.2) is 24.3 Å². The van der Waals surface area contributed by atoms with Crippen molar-refractivity contribution in [3.63, 3.8) is 0 Å². The van der Waals surface area contributed by atoms with E-state index >= 15 is 0 Å². The van der Waals surface area contributed by atoms with E-state index in [1.165, 1.54) is 13.1 Å². The first-order chi connectivity index (χ1) is 9.02. The highest BCUT2D eigenvalue weighted by Crippen LogP contribution is 2.10. The number of hydrogen-bond acceptors (Lipinski definition) is 4. The number of aliphatic carboxylic acids is 1. The van der Waals surface area contributed by atoms with Gasteiger partial charge >= 0.3 is 5.97 Å². The van der Waals surface area contributed by atoms with E-state index < -0.39 is 18.5 Å². The molecule has 0 radical (unpaired) electrons. The fourth-order valence-corrected chi connectivity index (χ4v) is 1.31. The Morgan fingerprint density at radius 1 is 1.26 bits per heavy atom. The molecule has 1 aromatic rings. The third-order valence-electron chi connectivity index (χ3n) is 2.09. The molecule has 0 unspecified atom stereocenters. The minimum Gasteiger partial charge on any atom is -0.480 e. The molecule has 0 bridgehead atoms. The molecule has 102 valence electrons. The maximum absolute atomic E-state index is 11.4. The molecule has 0 saturated carbocycles. The van der Waals surface area contributed by atoms with Crippen molar-refractivity contribution < 1.29 is 24.2 Å². The lowest BCUT2D eigenvalue weighted by atomic mass is 10.2. The summed E-state index contributed by atoms with van der Waals surface area (Å²) in [6.45, 7) is -0.901. The monoisotopic (exact) mass is 266 g/mol. The Bertz CT molecular complexity index is 487. The zero-order valence-corrected chi connectivity index (χ0v) is 10.3. The zero-order chi connectivity index (χ0) is 14.3. The number of carboxylic acid groups (broad SMARTS) is 1. The third kappa shape index (κ3) is 5.17. The van der Waals surface area contributed by atoms with E-state index in [1.807, 2.05) is 0 Å². The number of amides is 2. The number of rotatable bonds is 6. The van der Waals surface area contributed by atoms with Crippen LogP contribution in [0.5, 0.6) is 0 Å². The van der Waals surface area contributed by atoms with Gasteiger partial charge in [0, 0.05) is 18.3 Å². The Kier molecular flexibility index (Phi) is 5.49. The summed E-state index contributed by atoms with van der Waals surface area (Å²) in [6.07, 6.45) is 0. The highest BCUT2D eigenvalue weighted by Gasteiger charge is 2.07. The molecule has 0 aliphatic heterocycles. The first kappa shape index (κ1) is 14.7. The fourth-order valence-electron chi connectivity index (χ4n) is 1.31. The molecular formula is C12H14N2O5. The van der Waals surface area contributed by atoms with Gasteiger partial charge in [-0.1, -0.05) is 6.07 Å². The van der Waals surface area contributed by atoms with E-state index in [0.29, 0.717) is 11.3 Å². The zero-order valence-electron chi connectivity index (χ0n) is 10.3. The number of nitrogens with one attached hydrogen (secondary N) is 2. The van der Waals surface area contributed by atoms with Crippen LogP contribution in [0, 0.1) is 0 Å². The van der Waals surface area contributed by atoms with Gasteiger partial charge in [-0.15, -0.1) is 0 Å². The van der Waals surface area contributed by atoms with Gasteiger partial charge < -0.3 is 20.5 Å². The predicted octanol–water partition coefficient (Wildman–Crippen LogP) is 0.0859. The lowest BCUT2D eigenvalue weighted by Crippen LogP contribution is -2.21. The maximum atomic E-state index is 11.4. The van der Waals surface area contributed by atoms with Crippen LogP contribution < -0.4 is 10.6 Å². The topological polar surface area (TPSA) is 105 Å². The Labute approximate surface area is 109 Å². The van der Waals surface area contributed by atoms with Crippen LogP contribution in [-0.2, 0) is 14.3 Å². The number of anilines is 1. The summed E-state index contributed by atoms with van der Waals surface area (Å²) in [5.74, 6) is -1.90. The Morgan fingerprint density at radius 3 is 2.63 bits per heavy atom.